The molecule has 2 aliphatic rings. The topological polar surface area (TPSA) is 79.2 Å². The van der Waals surface area contributed by atoms with E-state index >= 15 is 0 Å². The van der Waals surface area contributed by atoms with Crippen LogP contribution < -0.4 is 10.2 Å². The lowest BCUT2D eigenvalue weighted by atomic mass is 10.2. The third-order valence-corrected chi connectivity index (χ3v) is 4.64. The number of hydrogen-bond donors (Lipinski definition) is 1. The molecule has 1 amide bonds. The number of nitrogens with zero attached hydrogens (tertiary/aromatic N) is 6. The van der Waals surface area contributed by atoms with Gasteiger partial charge < -0.3 is 15.1 Å². The molecule has 2 fully saturated rings. The molecule has 4 rings (SSSR count). The lowest BCUT2D eigenvalue weighted by Crippen LogP contribution is -2.49. The van der Waals surface area contributed by atoms with Gasteiger partial charge in [0.2, 0.25) is 11.9 Å². The number of hydrogen-bond acceptors (Lipinski definition) is 6. The Labute approximate surface area is 148 Å². The van der Waals surface area contributed by atoms with Crippen LogP contribution in [-0.4, -0.2) is 62.7 Å². The number of rotatable bonds is 4. The number of carbonyl (C=O) groups is 1. The van der Waals surface area contributed by atoms with Crippen LogP contribution in [0, 0.1) is 5.92 Å². The van der Waals surface area contributed by atoms with E-state index in [0.717, 1.165) is 11.5 Å². The summed E-state index contributed by atoms with van der Waals surface area (Å²) >= 11 is 0. The molecule has 1 aliphatic heterocycles. The summed E-state index contributed by atoms with van der Waals surface area (Å²) in [6.07, 6.45) is 4.83. The van der Waals surface area contributed by atoms with Crippen molar-refractivity contribution in [3.8, 4) is 0 Å². The molecule has 138 valence electrons. The molecule has 2 aromatic rings. The summed E-state index contributed by atoms with van der Waals surface area (Å²) in [5.41, 5.74) is 0.783. The van der Waals surface area contributed by atoms with Crippen molar-refractivity contribution in [1.82, 2.24) is 24.6 Å². The van der Waals surface area contributed by atoms with Crippen molar-refractivity contribution in [1.29, 1.82) is 0 Å². The molecule has 26 heavy (non-hydrogen) atoms. The van der Waals surface area contributed by atoms with E-state index < -0.39 is 17.7 Å². The van der Waals surface area contributed by atoms with E-state index in [4.69, 9.17) is 0 Å². The summed E-state index contributed by atoms with van der Waals surface area (Å²) in [5.74, 6) is -3.19. The highest BCUT2D eigenvalue weighted by molar-refractivity contribution is 5.83. The minimum Gasteiger partial charge on any atom is -0.353 e. The summed E-state index contributed by atoms with van der Waals surface area (Å²) in [4.78, 5) is 24.3. The van der Waals surface area contributed by atoms with Gasteiger partial charge in [-0.1, -0.05) is 0 Å². The van der Waals surface area contributed by atoms with Crippen molar-refractivity contribution in [2.75, 3.05) is 36.4 Å². The number of nitrogens with one attached hydrogen (secondary N) is 1. The maximum atomic E-state index is 13.1. The second-order valence-corrected chi connectivity index (χ2v) is 6.60. The quantitative estimate of drug-likeness (QED) is 0.881. The van der Waals surface area contributed by atoms with Crippen molar-refractivity contribution < 1.29 is 13.6 Å². The van der Waals surface area contributed by atoms with E-state index in [-0.39, 0.29) is 6.42 Å². The molecule has 1 saturated carbocycles. The SMILES string of the molecule is Cn1cc(Nc2nccc(N3CCN(C(=O)C4CC4(F)F)CC3)n2)cn1. The van der Waals surface area contributed by atoms with Gasteiger partial charge in [0, 0.05) is 52.0 Å². The predicted molar refractivity (Wildman–Crippen MR) is 90.4 cm³/mol. The van der Waals surface area contributed by atoms with E-state index in [2.05, 4.69) is 20.4 Å². The Balaban J connectivity index is 1.37. The molecule has 0 radical (unpaired) electrons. The van der Waals surface area contributed by atoms with Crippen LogP contribution in [0.2, 0.25) is 0 Å². The molecule has 2 aromatic heterocycles. The number of halogens is 2. The number of carbonyl (C=O) groups excluding carboxylic acids is 1. The highest BCUT2D eigenvalue weighted by Gasteiger charge is 2.62. The van der Waals surface area contributed by atoms with Crippen molar-refractivity contribution in [2.24, 2.45) is 13.0 Å². The molecule has 1 N–H and O–H groups in total. The van der Waals surface area contributed by atoms with E-state index in [0.29, 0.717) is 32.1 Å². The molecule has 1 unspecified atom stereocenters. The number of piperazine rings is 1. The second kappa shape index (κ2) is 6.19. The second-order valence-electron chi connectivity index (χ2n) is 6.60. The first-order valence-corrected chi connectivity index (χ1v) is 8.43. The molecule has 0 bridgehead atoms. The van der Waals surface area contributed by atoms with Gasteiger partial charge in [-0.3, -0.25) is 9.48 Å². The Morgan fingerprint density at radius 2 is 2.04 bits per heavy atom. The lowest BCUT2D eigenvalue weighted by Gasteiger charge is -2.35. The Morgan fingerprint density at radius 1 is 1.31 bits per heavy atom. The van der Waals surface area contributed by atoms with Gasteiger partial charge in [0.15, 0.2) is 0 Å². The third-order valence-electron chi connectivity index (χ3n) is 4.64. The predicted octanol–water partition coefficient (Wildman–Crippen LogP) is 1.26. The molecule has 0 spiro atoms. The van der Waals surface area contributed by atoms with Crippen molar-refractivity contribution in [2.45, 2.75) is 12.3 Å². The maximum absolute atomic E-state index is 13.1. The van der Waals surface area contributed by atoms with E-state index in [1.54, 1.807) is 23.1 Å². The van der Waals surface area contributed by atoms with E-state index in [1.807, 2.05) is 18.1 Å². The summed E-state index contributed by atoms with van der Waals surface area (Å²) in [5, 5.41) is 7.16. The zero-order valence-electron chi connectivity index (χ0n) is 14.3. The van der Waals surface area contributed by atoms with Gasteiger partial charge >= 0.3 is 0 Å². The van der Waals surface area contributed by atoms with Crippen LogP contribution >= 0.6 is 0 Å². The van der Waals surface area contributed by atoms with Crippen LogP contribution in [0.3, 0.4) is 0 Å². The highest BCUT2D eigenvalue weighted by atomic mass is 19.3. The van der Waals surface area contributed by atoms with Crippen LogP contribution in [0.25, 0.3) is 0 Å². The first-order valence-electron chi connectivity index (χ1n) is 8.43. The van der Waals surface area contributed by atoms with Crippen LogP contribution in [0.5, 0.6) is 0 Å². The smallest absolute Gasteiger partial charge is 0.260 e. The number of aromatic nitrogens is 4. The average molecular weight is 363 g/mol. The van der Waals surface area contributed by atoms with Gasteiger partial charge in [-0.2, -0.15) is 10.1 Å². The maximum Gasteiger partial charge on any atom is 0.260 e. The summed E-state index contributed by atoms with van der Waals surface area (Å²) in [6, 6.07) is 1.79. The summed E-state index contributed by atoms with van der Waals surface area (Å²) < 4.78 is 27.8. The monoisotopic (exact) mass is 363 g/mol. The van der Waals surface area contributed by atoms with Crippen molar-refractivity contribution in [3.63, 3.8) is 0 Å². The average Bonchev–Trinajstić information content (AvgIpc) is 3.08. The molecule has 3 heterocycles. The first-order chi connectivity index (χ1) is 12.4. The van der Waals surface area contributed by atoms with Gasteiger partial charge in [-0.05, 0) is 6.07 Å². The van der Waals surface area contributed by atoms with E-state index in [1.165, 1.54) is 4.90 Å². The number of amides is 1. The molecule has 1 aliphatic carbocycles. The van der Waals surface area contributed by atoms with Gasteiger partial charge in [0.25, 0.3) is 5.92 Å². The normalized spacial score (nSPS) is 21.6. The number of aryl methyl sites for hydroxylation is 1. The van der Waals surface area contributed by atoms with Gasteiger partial charge in [-0.25, -0.2) is 13.8 Å². The molecule has 8 nitrogen and oxygen atoms in total. The number of anilines is 3. The molecular formula is C16H19F2N7O. The third kappa shape index (κ3) is 3.31. The highest BCUT2D eigenvalue weighted by Crippen LogP contribution is 2.49. The van der Waals surface area contributed by atoms with Gasteiger partial charge in [0.1, 0.15) is 11.7 Å². The number of alkyl halides is 2. The summed E-state index contributed by atoms with van der Waals surface area (Å²) in [6.45, 7) is 1.93. The zero-order chi connectivity index (χ0) is 18.3. The fourth-order valence-electron chi connectivity index (χ4n) is 3.06. The van der Waals surface area contributed by atoms with Crippen molar-refractivity contribution >= 4 is 23.4 Å². The largest absolute Gasteiger partial charge is 0.353 e. The fourth-order valence-corrected chi connectivity index (χ4v) is 3.06. The summed E-state index contributed by atoms with van der Waals surface area (Å²) in [7, 11) is 1.82. The van der Waals surface area contributed by atoms with Crippen LogP contribution in [0.4, 0.5) is 26.2 Å². The first kappa shape index (κ1) is 16.7. The Bertz CT molecular complexity index is 816. The molecule has 1 atom stereocenters. The van der Waals surface area contributed by atoms with E-state index in [9.17, 15) is 13.6 Å². The van der Waals surface area contributed by atoms with Gasteiger partial charge in [0.05, 0.1) is 11.9 Å². The molecule has 0 aromatic carbocycles. The Kier molecular flexibility index (Phi) is 3.97. The zero-order valence-corrected chi connectivity index (χ0v) is 14.3. The minimum absolute atomic E-state index is 0.318. The van der Waals surface area contributed by atoms with Crippen LogP contribution in [0.1, 0.15) is 6.42 Å². The molecule has 10 heteroatoms. The molecular weight excluding hydrogens is 344 g/mol. The van der Waals surface area contributed by atoms with Crippen LogP contribution in [0.15, 0.2) is 24.7 Å². The molecule has 1 saturated heterocycles. The Hall–Kier alpha value is -2.78. The Morgan fingerprint density at radius 3 is 2.65 bits per heavy atom. The fraction of sp³-hybridized carbons (Fsp3) is 0.500. The standard InChI is InChI=1S/C16H19F2N7O/c1-23-10-11(9-20-23)21-15-19-3-2-13(22-15)24-4-6-25(7-5-24)14(26)12-8-16(12,17)18/h2-3,9-10,12H,4-8H2,1H3,(H,19,21,22). The van der Waals surface area contributed by atoms with Crippen LogP contribution in [-0.2, 0) is 11.8 Å². The van der Waals surface area contributed by atoms with Gasteiger partial charge in [-0.15, -0.1) is 0 Å². The minimum atomic E-state index is -2.81. The van der Waals surface area contributed by atoms with Crippen molar-refractivity contribution in [3.05, 3.63) is 24.7 Å². The lowest BCUT2D eigenvalue weighted by molar-refractivity contribution is -0.135.